The maximum atomic E-state index is 13.3. The number of hydrogen-bond acceptors (Lipinski definition) is 3. The third-order valence-electron chi connectivity index (χ3n) is 2.76. The lowest BCUT2D eigenvalue weighted by atomic mass is 10.2. The summed E-state index contributed by atoms with van der Waals surface area (Å²) < 4.78 is 19.2. The summed E-state index contributed by atoms with van der Waals surface area (Å²) in [7, 11) is 3.09. The van der Waals surface area contributed by atoms with Gasteiger partial charge in [-0.3, -0.25) is 4.79 Å². The van der Waals surface area contributed by atoms with Gasteiger partial charge in [0.2, 0.25) is 0 Å². The van der Waals surface area contributed by atoms with Crippen LogP contribution in [-0.2, 0) is 6.54 Å². The third kappa shape index (κ3) is 3.37. The number of hydrogen-bond donors (Lipinski definition) is 0. The van der Waals surface area contributed by atoms with Crippen molar-refractivity contribution in [3.8, 4) is 5.75 Å². The Morgan fingerprint density at radius 1 is 1.45 bits per heavy atom. The van der Waals surface area contributed by atoms with Crippen LogP contribution in [-0.4, -0.2) is 25.0 Å². The van der Waals surface area contributed by atoms with Crippen molar-refractivity contribution in [3.05, 3.63) is 50.4 Å². The molecule has 0 saturated heterocycles. The number of carbonyl (C=O) groups excluding carboxylic acids is 1. The lowest BCUT2D eigenvalue weighted by Crippen LogP contribution is -2.25. The largest absolute Gasteiger partial charge is 0.494 e. The molecule has 1 heterocycles. The van der Waals surface area contributed by atoms with E-state index in [0.717, 1.165) is 9.35 Å². The fourth-order valence-corrected chi connectivity index (χ4v) is 3.26. The van der Waals surface area contributed by atoms with Crippen LogP contribution in [0.4, 0.5) is 4.39 Å². The van der Waals surface area contributed by atoms with Crippen molar-refractivity contribution in [2.45, 2.75) is 6.54 Å². The van der Waals surface area contributed by atoms with Crippen molar-refractivity contribution in [1.82, 2.24) is 4.90 Å². The highest BCUT2D eigenvalue weighted by Gasteiger charge is 2.15. The average molecular weight is 358 g/mol. The highest BCUT2D eigenvalue weighted by atomic mass is 79.9. The second-order valence-corrected chi connectivity index (χ2v) is 6.15. The fraction of sp³-hybridized carbons (Fsp3) is 0.214. The minimum Gasteiger partial charge on any atom is -0.494 e. The molecule has 0 aliphatic carbocycles. The standard InChI is InChI=1S/C14H13BrFNO2S/c1-17(7-11-6-10(15)8-20-11)14(18)9-3-4-12(16)13(5-9)19-2/h3-6,8H,7H2,1-2H3. The van der Waals surface area contributed by atoms with Crippen molar-refractivity contribution in [3.63, 3.8) is 0 Å². The van der Waals surface area contributed by atoms with E-state index in [1.807, 2.05) is 11.4 Å². The number of carbonyl (C=O) groups is 1. The van der Waals surface area contributed by atoms with E-state index in [0.29, 0.717) is 12.1 Å². The molecule has 0 fully saturated rings. The zero-order valence-electron chi connectivity index (χ0n) is 11.0. The Labute approximate surface area is 129 Å². The second-order valence-electron chi connectivity index (χ2n) is 4.24. The highest BCUT2D eigenvalue weighted by Crippen LogP contribution is 2.23. The van der Waals surface area contributed by atoms with Gasteiger partial charge >= 0.3 is 0 Å². The van der Waals surface area contributed by atoms with Gasteiger partial charge in [-0.1, -0.05) is 0 Å². The Hall–Kier alpha value is -1.40. The normalized spacial score (nSPS) is 10.4. The minimum atomic E-state index is -0.478. The number of methoxy groups -OCH3 is 1. The maximum absolute atomic E-state index is 13.3. The Morgan fingerprint density at radius 2 is 2.20 bits per heavy atom. The maximum Gasteiger partial charge on any atom is 0.254 e. The number of rotatable bonds is 4. The zero-order chi connectivity index (χ0) is 14.7. The van der Waals surface area contributed by atoms with Crippen LogP contribution in [0.5, 0.6) is 5.75 Å². The van der Waals surface area contributed by atoms with E-state index in [1.165, 1.54) is 25.3 Å². The topological polar surface area (TPSA) is 29.5 Å². The molecule has 20 heavy (non-hydrogen) atoms. The number of ether oxygens (including phenoxy) is 1. The van der Waals surface area contributed by atoms with Crippen molar-refractivity contribution < 1.29 is 13.9 Å². The molecule has 0 aliphatic heterocycles. The van der Waals surface area contributed by atoms with E-state index in [1.54, 1.807) is 23.3 Å². The van der Waals surface area contributed by atoms with Crippen LogP contribution in [0.15, 0.2) is 34.1 Å². The van der Waals surface area contributed by atoms with Crippen LogP contribution >= 0.6 is 27.3 Å². The highest BCUT2D eigenvalue weighted by molar-refractivity contribution is 9.10. The van der Waals surface area contributed by atoms with Crippen LogP contribution in [0.1, 0.15) is 15.2 Å². The monoisotopic (exact) mass is 357 g/mol. The van der Waals surface area contributed by atoms with Crippen molar-refractivity contribution >= 4 is 33.2 Å². The third-order valence-corrected chi connectivity index (χ3v) is 4.44. The van der Waals surface area contributed by atoms with Gasteiger partial charge in [0.15, 0.2) is 11.6 Å². The first kappa shape index (κ1) is 15.0. The zero-order valence-corrected chi connectivity index (χ0v) is 13.4. The molecule has 0 unspecified atom stereocenters. The Bertz CT molecular complexity index is 629. The summed E-state index contributed by atoms with van der Waals surface area (Å²) in [6.45, 7) is 0.509. The minimum absolute atomic E-state index is 0.0723. The molecule has 0 bridgehead atoms. The fourth-order valence-electron chi connectivity index (χ4n) is 1.76. The SMILES string of the molecule is COc1cc(C(=O)N(C)Cc2cc(Br)cs2)ccc1F. The van der Waals surface area contributed by atoms with E-state index in [9.17, 15) is 9.18 Å². The molecular formula is C14H13BrFNO2S. The summed E-state index contributed by atoms with van der Waals surface area (Å²) in [4.78, 5) is 14.9. The molecule has 1 aromatic heterocycles. The van der Waals surface area contributed by atoms with Crippen LogP contribution in [0.2, 0.25) is 0 Å². The number of benzene rings is 1. The van der Waals surface area contributed by atoms with E-state index >= 15 is 0 Å². The van der Waals surface area contributed by atoms with Crippen LogP contribution in [0, 0.1) is 5.82 Å². The van der Waals surface area contributed by atoms with E-state index in [-0.39, 0.29) is 11.7 Å². The van der Waals surface area contributed by atoms with Crippen LogP contribution in [0.3, 0.4) is 0 Å². The number of nitrogens with zero attached hydrogens (tertiary/aromatic N) is 1. The van der Waals surface area contributed by atoms with Gasteiger partial charge in [0.25, 0.3) is 5.91 Å². The Morgan fingerprint density at radius 3 is 2.80 bits per heavy atom. The molecule has 0 N–H and O–H groups in total. The van der Waals surface area contributed by atoms with E-state index in [4.69, 9.17) is 4.74 Å². The number of amides is 1. The molecule has 0 spiro atoms. The van der Waals surface area contributed by atoms with Crippen molar-refractivity contribution in [2.75, 3.05) is 14.2 Å². The molecule has 3 nitrogen and oxygen atoms in total. The molecule has 0 aliphatic rings. The van der Waals surface area contributed by atoms with Crippen LogP contribution < -0.4 is 4.74 Å². The molecule has 0 saturated carbocycles. The summed E-state index contributed by atoms with van der Waals surface area (Å²) in [6, 6.07) is 6.08. The van der Waals surface area contributed by atoms with Gasteiger partial charge in [0, 0.05) is 27.3 Å². The summed E-state index contributed by atoms with van der Waals surface area (Å²) in [5.74, 6) is -0.579. The average Bonchev–Trinajstić information content (AvgIpc) is 2.83. The lowest BCUT2D eigenvalue weighted by molar-refractivity contribution is 0.0786. The van der Waals surface area contributed by atoms with Gasteiger partial charge < -0.3 is 9.64 Å². The quantitative estimate of drug-likeness (QED) is 0.829. The predicted octanol–water partition coefficient (Wildman–Crippen LogP) is 3.93. The molecular weight excluding hydrogens is 345 g/mol. The van der Waals surface area contributed by atoms with Gasteiger partial charge in [0.1, 0.15) is 0 Å². The van der Waals surface area contributed by atoms with Gasteiger partial charge in [-0.25, -0.2) is 4.39 Å². The predicted molar refractivity (Wildman–Crippen MR) is 80.8 cm³/mol. The van der Waals surface area contributed by atoms with Gasteiger partial charge in [0.05, 0.1) is 13.7 Å². The van der Waals surface area contributed by atoms with Gasteiger partial charge in [-0.2, -0.15) is 0 Å². The molecule has 106 valence electrons. The summed E-state index contributed by atoms with van der Waals surface area (Å²) in [6.07, 6.45) is 0. The lowest BCUT2D eigenvalue weighted by Gasteiger charge is -2.16. The molecule has 6 heteroatoms. The summed E-state index contributed by atoms with van der Waals surface area (Å²) in [5.41, 5.74) is 0.404. The Kier molecular flexibility index (Phi) is 4.77. The van der Waals surface area contributed by atoms with Crippen molar-refractivity contribution in [1.29, 1.82) is 0 Å². The molecule has 0 radical (unpaired) electrons. The first-order valence-electron chi connectivity index (χ1n) is 5.83. The number of halogens is 2. The molecule has 2 rings (SSSR count). The summed E-state index contributed by atoms with van der Waals surface area (Å²) in [5, 5.41) is 1.97. The van der Waals surface area contributed by atoms with E-state index < -0.39 is 5.82 Å². The van der Waals surface area contributed by atoms with Crippen molar-refractivity contribution in [2.24, 2.45) is 0 Å². The van der Waals surface area contributed by atoms with Crippen LogP contribution in [0.25, 0.3) is 0 Å². The first-order chi connectivity index (χ1) is 9.51. The summed E-state index contributed by atoms with van der Waals surface area (Å²) >= 11 is 4.95. The van der Waals surface area contributed by atoms with Gasteiger partial charge in [-0.05, 0) is 40.2 Å². The Balaban J connectivity index is 2.14. The first-order valence-corrected chi connectivity index (χ1v) is 7.50. The smallest absolute Gasteiger partial charge is 0.254 e. The second kappa shape index (κ2) is 6.37. The van der Waals surface area contributed by atoms with Gasteiger partial charge in [-0.15, -0.1) is 11.3 Å². The molecule has 1 amide bonds. The number of thiophene rings is 1. The molecule has 2 aromatic rings. The molecule has 0 atom stereocenters. The van der Waals surface area contributed by atoms with E-state index in [2.05, 4.69) is 15.9 Å². The molecule has 1 aromatic carbocycles.